The smallest absolute Gasteiger partial charge is 0.270 e. The minimum atomic E-state index is -0.532. The van der Waals surface area contributed by atoms with Gasteiger partial charge >= 0.3 is 0 Å². The quantitative estimate of drug-likeness (QED) is 0.774. The first-order valence-corrected chi connectivity index (χ1v) is 9.84. The van der Waals surface area contributed by atoms with E-state index in [4.69, 9.17) is 0 Å². The molecular weight excluding hydrogens is 358 g/mol. The summed E-state index contributed by atoms with van der Waals surface area (Å²) < 4.78 is 1.70. The molecule has 4 heterocycles. The highest BCUT2D eigenvalue weighted by Crippen LogP contribution is 2.43. The maximum atomic E-state index is 13.3. The Morgan fingerprint density at radius 2 is 2.25 bits per heavy atom. The molecule has 2 fully saturated rings. The number of aromatic amines is 1. The van der Waals surface area contributed by atoms with Gasteiger partial charge in [0.25, 0.3) is 5.91 Å². The predicted molar refractivity (Wildman–Crippen MR) is 102 cm³/mol. The summed E-state index contributed by atoms with van der Waals surface area (Å²) in [5.74, 6) is 0.0273. The summed E-state index contributed by atoms with van der Waals surface area (Å²) in [6.45, 7) is 3.33. The monoisotopic (exact) mass is 385 g/mol. The van der Waals surface area contributed by atoms with Gasteiger partial charge in [0.05, 0.1) is 18.0 Å². The Kier molecular flexibility index (Phi) is 5.17. The molecule has 0 aliphatic carbocycles. The summed E-state index contributed by atoms with van der Waals surface area (Å²) >= 11 is 0. The van der Waals surface area contributed by atoms with Gasteiger partial charge in [-0.15, -0.1) is 0 Å². The van der Waals surface area contributed by atoms with E-state index < -0.39 is 5.41 Å². The second-order valence-electron chi connectivity index (χ2n) is 7.78. The van der Waals surface area contributed by atoms with Crippen LogP contribution >= 0.6 is 0 Å². The van der Waals surface area contributed by atoms with Crippen LogP contribution in [0.1, 0.15) is 29.8 Å². The lowest BCUT2D eigenvalue weighted by atomic mass is 9.67. The fraction of sp³-hybridized carbons (Fsp3) is 0.579. The molecule has 0 bridgehead atoms. The summed E-state index contributed by atoms with van der Waals surface area (Å²) in [5, 5.41) is 7.17. The lowest BCUT2D eigenvalue weighted by Gasteiger charge is -2.53. The number of aromatic nitrogens is 4. The van der Waals surface area contributed by atoms with Crippen LogP contribution in [0.2, 0.25) is 0 Å². The third-order valence-corrected chi connectivity index (χ3v) is 6.09. The van der Waals surface area contributed by atoms with Gasteiger partial charge in [0.2, 0.25) is 5.91 Å². The highest BCUT2D eigenvalue weighted by Gasteiger charge is 2.53. The Morgan fingerprint density at radius 3 is 3.00 bits per heavy atom. The average Bonchev–Trinajstić information content (AvgIpc) is 3.41. The van der Waals surface area contributed by atoms with Crippen LogP contribution in [-0.4, -0.2) is 80.6 Å². The number of likely N-dealkylation sites (N-methyl/N-ethyl adjacent to an activating group) is 1. The molecule has 0 unspecified atom stereocenters. The van der Waals surface area contributed by atoms with Crippen LogP contribution in [0.5, 0.6) is 0 Å². The van der Waals surface area contributed by atoms with Gasteiger partial charge in [-0.25, -0.2) is 4.98 Å². The van der Waals surface area contributed by atoms with Crippen molar-refractivity contribution in [3.8, 4) is 0 Å². The van der Waals surface area contributed by atoms with E-state index in [2.05, 4.69) is 32.3 Å². The Labute approximate surface area is 164 Å². The number of H-pyrrole nitrogens is 1. The average molecular weight is 385 g/mol. The van der Waals surface area contributed by atoms with Crippen molar-refractivity contribution in [3.05, 3.63) is 36.7 Å². The van der Waals surface area contributed by atoms with Gasteiger partial charge < -0.3 is 20.1 Å². The number of carbonyl (C=O) groups is 2. The molecule has 2 aromatic rings. The van der Waals surface area contributed by atoms with E-state index in [1.54, 1.807) is 23.3 Å². The third kappa shape index (κ3) is 3.42. The van der Waals surface area contributed by atoms with Crippen molar-refractivity contribution < 1.29 is 9.59 Å². The van der Waals surface area contributed by atoms with E-state index in [1.165, 1.54) is 6.33 Å². The molecule has 0 aromatic carbocycles. The number of carbonyl (C=O) groups excluding carboxylic acids is 2. The maximum Gasteiger partial charge on any atom is 0.270 e. The van der Waals surface area contributed by atoms with Gasteiger partial charge in [-0.05, 0) is 45.0 Å². The largest absolute Gasteiger partial charge is 0.357 e. The first-order valence-electron chi connectivity index (χ1n) is 9.84. The summed E-state index contributed by atoms with van der Waals surface area (Å²) in [6.07, 6.45) is 7.29. The zero-order valence-corrected chi connectivity index (χ0v) is 16.2. The Balaban J connectivity index is 1.52. The molecule has 2 aromatic heterocycles. The van der Waals surface area contributed by atoms with Crippen molar-refractivity contribution in [2.75, 3.05) is 33.2 Å². The number of likely N-dealkylation sites (tertiary alicyclic amines) is 2. The van der Waals surface area contributed by atoms with Crippen LogP contribution in [0.25, 0.3) is 0 Å². The van der Waals surface area contributed by atoms with Gasteiger partial charge in [-0.2, -0.15) is 5.10 Å². The molecule has 2 saturated heterocycles. The molecule has 0 saturated carbocycles. The maximum absolute atomic E-state index is 13.3. The molecule has 2 amide bonds. The van der Waals surface area contributed by atoms with E-state index in [0.29, 0.717) is 31.9 Å². The lowest BCUT2D eigenvalue weighted by Crippen LogP contribution is -2.66. The zero-order valence-electron chi connectivity index (χ0n) is 16.2. The van der Waals surface area contributed by atoms with Gasteiger partial charge in [-0.3, -0.25) is 14.3 Å². The molecular formula is C19H27N7O2. The lowest BCUT2D eigenvalue weighted by molar-refractivity contribution is -0.142. The summed E-state index contributed by atoms with van der Waals surface area (Å²) in [6, 6.07) is 3.50. The second-order valence-corrected chi connectivity index (χ2v) is 7.78. The summed E-state index contributed by atoms with van der Waals surface area (Å²) in [4.78, 5) is 37.5. The van der Waals surface area contributed by atoms with Crippen LogP contribution in [0.3, 0.4) is 0 Å². The van der Waals surface area contributed by atoms with E-state index in [1.807, 2.05) is 11.0 Å². The van der Waals surface area contributed by atoms with Gasteiger partial charge in [-0.1, -0.05) is 0 Å². The van der Waals surface area contributed by atoms with E-state index in [0.717, 1.165) is 25.8 Å². The number of nitrogens with one attached hydrogen (secondary N) is 2. The SMILES string of the molecule is CN1CC[C@]2(C(=O)NCCn3cncn3)CCCN(C(=O)c3ccc[nH]3)[C@H]2C1. The second kappa shape index (κ2) is 7.75. The number of nitrogens with zero attached hydrogens (tertiary/aromatic N) is 5. The van der Waals surface area contributed by atoms with E-state index in [9.17, 15) is 9.59 Å². The number of hydrogen-bond acceptors (Lipinski definition) is 5. The Morgan fingerprint density at radius 1 is 1.36 bits per heavy atom. The molecule has 2 N–H and O–H groups in total. The molecule has 150 valence electrons. The molecule has 2 aliphatic heterocycles. The molecule has 0 spiro atoms. The normalized spacial score (nSPS) is 25.3. The van der Waals surface area contributed by atoms with Crippen molar-refractivity contribution in [1.29, 1.82) is 0 Å². The summed E-state index contributed by atoms with van der Waals surface area (Å²) in [7, 11) is 2.05. The molecule has 9 heteroatoms. The highest BCUT2D eigenvalue weighted by atomic mass is 16.2. The minimum absolute atomic E-state index is 0.0233. The molecule has 4 rings (SSSR count). The van der Waals surface area contributed by atoms with Gasteiger partial charge in [0, 0.05) is 25.8 Å². The number of fused-ring (bicyclic) bond motifs is 1. The van der Waals surface area contributed by atoms with Gasteiger partial charge in [0.15, 0.2) is 0 Å². The minimum Gasteiger partial charge on any atom is -0.357 e. The zero-order chi connectivity index (χ0) is 19.6. The summed E-state index contributed by atoms with van der Waals surface area (Å²) in [5.41, 5.74) is 0.0469. The number of amides is 2. The van der Waals surface area contributed by atoms with Crippen LogP contribution in [0.4, 0.5) is 0 Å². The molecule has 2 atom stereocenters. The predicted octanol–water partition coefficient (Wildman–Crippen LogP) is 0.349. The van der Waals surface area contributed by atoms with Crippen molar-refractivity contribution in [3.63, 3.8) is 0 Å². The Hall–Kier alpha value is -2.68. The first-order chi connectivity index (χ1) is 13.6. The third-order valence-electron chi connectivity index (χ3n) is 6.09. The topological polar surface area (TPSA) is 99.2 Å². The van der Waals surface area contributed by atoms with Crippen molar-refractivity contribution >= 4 is 11.8 Å². The Bertz CT molecular complexity index is 804. The van der Waals surface area contributed by atoms with Crippen molar-refractivity contribution in [2.45, 2.75) is 31.8 Å². The van der Waals surface area contributed by atoms with E-state index >= 15 is 0 Å². The standard InChI is InChI=1S/C19H27N7O2/c1-24-10-6-19(18(28)22-8-11-25-14-20-13-23-25)5-3-9-26(16(19)12-24)17(27)15-4-2-7-21-15/h2,4,7,13-14,16,21H,3,5-6,8-12H2,1H3,(H,22,28)/t16-,19+/m0/s1. The molecule has 0 radical (unpaired) electrons. The van der Waals surface area contributed by atoms with Crippen molar-refractivity contribution in [1.82, 2.24) is 34.9 Å². The fourth-order valence-electron chi connectivity index (χ4n) is 4.58. The van der Waals surface area contributed by atoms with Crippen LogP contribution < -0.4 is 5.32 Å². The number of piperidine rings is 2. The van der Waals surface area contributed by atoms with E-state index in [-0.39, 0.29) is 17.9 Å². The number of rotatable bonds is 5. The van der Waals surface area contributed by atoms with Crippen LogP contribution in [0.15, 0.2) is 31.0 Å². The molecule has 2 aliphatic rings. The first kappa shape index (κ1) is 18.7. The number of hydrogen-bond donors (Lipinski definition) is 2. The fourth-order valence-corrected chi connectivity index (χ4v) is 4.58. The van der Waals surface area contributed by atoms with Gasteiger partial charge in [0.1, 0.15) is 18.3 Å². The molecule has 9 nitrogen and oxygen atoms in total. The van der Waals surface area contributed by atoms with Crippen molar-refractivity contribution in [2.24, 2.45) is 5.41 Å². The van der Waals surface area contributed by atoms with Crippen LogP contribution in [-0.2, 0) is 11.3 Å². The highest BCUT2D eigenvalue weighted by molar-refractivity contribution is 5.94. The molecule has 28 heavy (non-hydrogen) atoms. The van der Waals surface area contributed by atoms with Crippen LogP contribution in [0, 0.1) is 5.41 Å².